The maximum Gasteiger partial charge on any atom is 0.231 e. The summed E-state index contributed by atoms with van der Waals surface area (Å²) in [4.78, 5) is 9.42. The Kier molecular flexibility index (Phi) is 3.91. The predicted molar refractivity (Wildman–Crippen MR) is 112 cm³/mol. The highest BCUT2D eigenvalue weighted by Crippen LogP contribution is 2.36. The SMILES string of the molecule is CSc1nc(-c2cccc(-c3ccccc3)c2)c2c(n1)oc1ccccc12. The number of fused-ring (bicyclic) bond motifs is 3. The third kappa shape index (κ3) is 2.78. The smallest absolute Gasteiger partial charge is 0.231 e. The monoisotopic (exact) mass is 368 g/mol. The lowest BCUT2D eigenvalue weighted by Crippen LogP contribution is -1.92. The number of furan rings is 1. The summed E-state index contributed by atoms with van der Waals surface area (Å²) >= 11 is 1.52. The molecule has 0 saturated carbocycles. The first-order valence-corrected chi connectivity index (χ1v) is 9.95. The molecule has 0 bridgehead atoms. The molecule has 0 radical (unpaired) electrons. The second kappa shape index (κ2) is 6.56. The third-order valence-corrected chi connectivity index (χ3v) is 5.19. The summed E-state index contributed by atoms with van der Waals surface area (Å²) in [5.74, 6) is 0. The topological polar surface area (TPSA) is 38.9 Å². The highest BCUT2D eigenvalue weighted by molar-refractivity contribution is 7.98. The summed E-state index contributed by atoms with van der Waals surface area (Å²) in [6, 6.07) is 26.9. The lowest BCUT2D eigenvalue weighted by molar-refractivity contribution is 0.646. The summed E-state index contributed by atoms with van der Waals surface area (Å²) in [7, 11) is 0. The van der Waals surface area contributed by atoms with Gasteiger partial charge in [0.15, 0.2) is 5.16 Å². The Balaban J connectivity index is 1.80. The van der Waals surface area contributed by atoms with E-state index in [0.29, 0.717) is 10.9 Å². The Hall–Kier alpha value is -3.11. The molecule has 0 aliphatic rings. The average Bonchev–Trinajstić information content (AvgIpc) is 3.12. The molecule has 0 atom stereocenters. The van der Waals surface area contributed by atoms with E-state index in [1.54, 1.807) is 0 Å². The van der Waals surface area contributed by atoms with E-state index in [2.05, 4.69) is 59.6 Å². The van der Waals surface area contributed by atoms with Gasteiger partial charge in [0.25, 0.3) is 0 Å². The molecule has 0 N–H and O–H groups in total. The molecule has 3 aromatic carbocycles. The standard InChI is InChI=1S/C23H16N2OS/c1-27-23-24-21(20-18-12-5-6-13-19(18)26-22(20)25-23)17-11-7-10-16(14-17)15-8-3-2-4-9-15/h2-14H,1H3. The maximum absolute atomic E-state index is 6.01. The molecule has 0 aliphatic carbocycles. The molecular weight excluding hydrogens is 352 g/mol. The fourth-order valence-electron chi connectivity index (χ4n) is 3.38. The van der Waals surface area contributed by atoms with Gasteiger partial charge in [-0.3, -0.25) is 0 Å². The molecule has 5 aromatic rings. The minimum atomic E-state index is 0.635. The Morgan fingerprint density at radius 2 is 1.48 bits per heavy atom. The number of aromatic nitrogens is 2. The van der Waals surface area contributed by atoms with Crippen LogP contribution in [0.3, 0.4) is 0 Å². The first-order valence-electron chi connectivity index (χ1n) is 8.72. The molecule has 5 rings (SSSR count). The van der Waals surface area contributed by atoms with Gasteiger partial charge in [-0.1, -0.05) is 78.5 Å². The Bertz CT molecular complexity index is 1260. The first-order chi connectivity index (χ1) is 13.3. The van der Waals surface area contributed by atoms with Gasteiger partial charge in [0, 0.05) is 10.9 Å². The molecule has 0 spiro atoms. The number of para-hydroxylation sites is 1. The summed E-state index contributed by atoms with van der Waals surface area (Å²) < 4.78 is 6.01. The van der Waals surface area contributed by atoms with Crippen LogP contribution in [0.15, 0.2) is 88.4 Å². The van der Waals surface area contributed by atoms with Crippen molar-refractivity contribution < 1.29 is 4.42 Å². The lowest BCUT2D eigenvalue weighted by atomic mass is 10.00. The molecule has 3 nitrogen and oxygen atoms in total. The summed E-state index contributed by atoms with van der Waals surface area (Å²) in [5, 5.41) is 2.72. The molecule has 27 heavy (non-hydrogen) atoms. The van der Waals surface area contributed by atoms with E-state index in [-0.39, 0.29) is 0 Å². The van der Waals surface area contributed by atoms with Crippen LogP contribution in [-0.2, 0) is 0 Å². The van der Waals surface area contributed by atoms with E-state index in [4.69, 9.17) is 9.40 Å². The summed E-state index contributed by atoms with van der Waals surface area (Å²) in [6.07, 6.45) is 1.98. The predicted octanol–water partition coefficient (Wildman–Crippen LogP) is 6.43. The molecular formula is C23H16N2OS. The minimum absolute atomic E-state index is 0.635. The number of hydrogen-bond acceptors (Lipinski definition) is 4. The maximum atomic E-state index is 6.01. The zero-order chi connectivity index (χ0) is 18.2. The van der Waals surface area contributed by atoms with Gasteiger partial charge in [0.2, 0.25) is 5.71 Å². The largest absolute Gasteiger partial charge is 0.438 e. The molecule has 4 heteroatoms. The Labute approximate surface area is 161 Å². The van der Waals surface area contributed by atoms with Gasteiger partial charge >= 0.3 is 0 Å². The van der Waals surface area contributed by atoms with Crippen molar-refractivity contribution in [3.8, 4) is 22.4 Å². The Morgan fingerprint density at radius 1 is 0.741 bits per heavy atom. The highest BCUT2D eigenvalue weighted by atomic mass is 32.2. The van der Waals surface area contributed by atoms with Crippen LogP contribution in [0.2, 0.25) is 0 Å². The van der Waals surface area contributed by atoms with E-state index in [1.165, 1.54) is 22.9 Å². The van der Waals surface area contributed by atoms with Crippen LogP contribution in [-0.4, -0.2) is 16.2 Å². The third-order valence-electron chi connectivity index (χ3n) is 4.64. The number of hydrogen-bond donors (Lipinski definition) is 0. The van der Waals surface area contributed by atoms with Crippen molar-refractivity contribution in [2.45, 2.75) is 5.16 Å². The van der Waals surface area contributed by atoms with Crippen molar-refractivity contribution in [3.05, 3.63) is 78.9 Å². The first kappa shape index (κ1) is 16.1. The lowest BCUT2D eigenvalue weighted by Gasteiger charge is -2.08. The van der Waals surface area contributed by atoms with Gasteiger partial charge in [-0.05, 0) is 29.5 Å². The summed E-state index contributed by atoms with van der Waals surface area (Å²) in [5.41, 5.74) is 5.79. The van der Waals surface area contributed by atoms with Crippen molar-refractivity contribution in [2.75, 3.05) is 6.26 Å². The fraction of sp³-hybridized carbons (Fsp3) is 0.0435. The van der Waals surface area contributed by atoms with Gasteiger partial charge in [0.05, 0.1) is 11.1 Å². The van der Waals surface area contributed by atoms with Crippen molar-refractivity contribution in [1.29, 1.82) is 0 Å². The van der Waals surface area contributed by atoms with Gasteiger partial charge in [-0.15, -0.1) is 0 Å². The number of thioether (sulfide) groups is 1. The Morgan fingerprint density at radius 3 is 2.33 bits per heavy atom. The van der Waals surface area contributed by atoms with Crippen LogP contribution >= 0.6 is 11.8 Å². The molecule has 0 saturated heterocycles. The van der Waals surface area contributed by atoms with Crippen LogP contribution < -0.4 is 0 Å². The van der Waals surface area contributed by atoms with Crippen LogP contribution in [0.5, 0.6) is 0 Å². The molecule has 0 aliphatic heterocycles. The molecule has 2 heterocycles. The molecule has 0 unspecified atom stereocenters. The average molecular weight is 368 g/mol. The zero-order valence-corrected chi connectivity index (χ0v) is 15.5. The molecule has 0 fully saturated rings. The van der Waals surface area contributed by atoms with E-state index < -0.39 is 0 Å². The van der Waals surface area contributed by atoms with Crippen LogP contribution in [0.25, 0.3) is 44.5 Å². The normalized spacial score (nSPS) is 11.3. The molecule has 2 aromatic heterocycles. The van der Waals surface area contributed by atoms with Crippen molar-refractivity contribution in [3.63, 3.8) is 0 Å². The van der Waals surface area contributed by atoms with Gasteiger partial charge < -0.3 is 4.42 Å². The fourth-order valence-corrected chi connectivity index (χ4v) is 3.74. The minimum Gasteiger partial charge on any atom is -0.438 e. The van der Waals surface area contributed by atoms with E-state index in [9.17, 15) is 0 Å². The summed E-state index contributed by atoms with van der Waals surface area (Å²) in [6.45, 7) is 0. The van der Waals surface area contributed by atoms with Gasteiger partial charge in [-0.25, -0.2) is 4.98 Å². The number of rotatable bonds is 3. The van der Waals surface area contributed by atoms with E-state index >= 15 is 0 Å². The quantitative estimate of drug-likeness (QED) is 0.272. The van der Waals surface area contributed by atoms with Crippen molar-refractivity contribution in [1.82, 2.24) is 9.97 Å². The van der Waals surface area contributed by atoms with Gasteiger partial charge in [0.1, 0.15) is 5.58 Å². The second-order valence-electron chi connectivity index (χ2n) is 6.28. The van der Waals surface area contributed by atoms with E-state index in [1.807, 2.05) is 30.5 Å². The van der Waals surface area contributed by atoms with Crippen LogP contribution in [0.4, 0.5) is 0 Å². The zero-order valence-electron chi connectivity index (χ0n) is 14.7. The van der Waals surface area contributed by atoms with Gasteiger partial charge in [-0.2, -0.15) is 4.98 Å². The highest BCUT2D eigenvalue weighted by Gasteiger charge is 2.17. The van der Waals surface area contributed by atoms with E-state index in [0.717, 1.165) is 27.6 Å². The number of benzene rings is 3. The van der Waals surface area contributed by atoms with Crippen LogP contribution in [0, 0.1) is 0 Å². The van der Waals surface area contributed by atoms with Crippen LogP contribution in [0.1, 0.15) is 0 Å². The molecule has 0 amide bonds. The van der Waals surface area contributed by atoms with Crippen molar-refractivity contribution >= 4 is 33.8 Å². The second-order valence-corrected chi connectivity index (χ2v) is 7.06. The van der Waals surface area contributed by atoms with Crippen molar-refractivity contribution in [2.24, 2.45) is 0 Å². The molecule has 130 valence electrons. The number of nitrogens with zero attached hydrogens (tertiary/aromatic N) is 2.